The van der Waals surface area contributed by atoms with Crippen LogP contribution in [0.25, 0.3) is 10.8 Å². The van der Waals surface area contributed by atoms with Crippen molar-refractivity contribution in [3.05, 3.63) is 102 Å². The Bertz CT molecular complexity index is 1460. The molecule has 4 aromatic rings. The molecule has 1 aliphatic rings. The van der Waals surface area contributed by atoms with Crippen molar-refractivity contribution in [3.8, 4) is 5.75 Å². The van der Waals surface area contributed by atoms with Gasteiger partial charge in [-0.15, -0.1) is 0 Å². The van der Waals surface area contributed by atoms with E-state index in [1.165, 1.54) is 5.56 Å². The van der Waals surface area contributed by atoms with E-state index in [0.29, 0.717) is 22.6 Å². The molecule has 4 aromatic carbocycles. The summed E-state index contributed by atoms with van der Waals surface area (Å²) in [7, 11) is 1.56. The molecule has 1 fully saturated rings. The maximum absolute atomic E-state index is 13.6. The number of hydrogen-bond donors (Lipinski definition) is 1. The van der Waals surface area contributed by atoms with Gasteiger partial charge in [-0.1, -0.05) is 54.6 Å². The van der Waals surface area contributed by atoms with E-state index in [1.807, 2.05) is 48.5 Å². The zero-order valence-corrected chi connectivity index (χ0v) is 22.4. The van der Waals surface area contributed by atoms with Crippen molar-refractivity contribution in [2.45, 2.75) is 13.5 Å². The van der Waals surface area contributed by atoms with Crippen LogP contribution in [0, 0.1) is 0 Å². The zero-order valence-electron chi connectivity index (χ0n) is 22.4. The Labute approximate surface area is 228 Å². The largest absolute Gasteiger partial charge is 0.496 e. The van der Waals surface area contributed by atoms with Crippen LogP contribution in [0.15, 0.2) is 84.9 Å². The Morgan fingerprint density at radius 1 is 0.846 bits per heavy atom. The van der Waals surface area contributed by atoms with Crippen LogP contribution < -0.4 is 15.0 Å². The Morgan fingerprint density at radius 2 is 1.54 bits per heavy atom. The lowest BCUT2D eigenvalue weighted by Crippen LogP contribution is -2.46. The molecular weight excluding hydrogens is 490 g/mol. The smallest absolute Gasteiger partial charge is 0.338 e. The molecule has 0 radical (unpaired) electrons. The summed E-state index contributed by atoms with van der Waals surface area (Å²) in [4.78, 5) is 30.8. The molecule has 200 valence electrons. The van der Waals surface area contributed by atoms with Crippen molar-refractivity contribution in [2.75, 3.05) is 50.1 Å². The topological polar surface area (TPSA) is 71.1 Å². The molecule has 0 aromatic heterocycles. The first-order valence-corrected chi connectivity index (χ1v) is 13.3. The predicted molar refractivity (Wildman–Crippen MR) is 155 cm³/mol. The number of nitrogens with zero attached hydrogens (tertiary/aromatic N) is 2. The van der Waals surface area contributed by atoms with Crippen molar-refractivity contribution in [1.82, 2.24) is 4.90 Å². The lowest BCUT2D eigenvalue weighted by atomic mass is 10.0. The third-order valence-corrected chi connectivity index (χ3v) is 7.03. The van der Waals surface area contributed by atoms with Gasteiger partial charge in [-0.2, -0.15) is 0 Å². The molecule has 0 aliphatic carbocycles. The van der Waals surface area contributed by atoms with E-state index in [1.54, 1.807) is 26.2 Å². The number of anilines is 2. The predicted octanol–water partition coefficient (Wildman–Crippen LogP) is 5.60. The van der Waals surface area contributed by atoms with E-state index in [0.717, 1.165) is 49.2 Å². The lowest BCUT2D eigenvalue weighted by molar-refractivity contribution is 0.0526. The van der Waals surface area contributed by atoms with Gasteiger partial charge in [-0.3, -0.25) is 9.69 Å². The second kappa shape index (κ2) is 12.0. The Balaban J connectivity index is 1.40. The lowest BCUT2D eigenvalue weighted by Gasteiger charge is -2.37. The summed E-state index contributed by atoms with van der Waals surface area (Å²) in [6.45, 7) is 6.33. The monoisotopic (exact) mass is 523 g/mol. The van der Waals surface area contributed by atoms with Crippen LogP contribution in [0.1, 0.15) is 33.2 Å². The average Bonchev–Trinajstić information content (AvgIpc) is 2.97. The number of benzene rings is 4. The SMILES string of the molecule is CCOC(=O)c1ccc(N2CCN(Cc3ccccc3)CC2)c(NC(=O)c2cc3ccccc3cc2OC)c1. The Morgan fingerprint density at radius 3 is 2.23 bits per heavy atom. The molecule has 0 atom stereocenters. The number of rotatable bonds is 8. The second-order valence-corrected chi connectivity index (χ2v) is 9.55. The summed E-state index contributed by atoms with van der Waals surface area (Å²) >= 11 is 0. The first-order chi connectivity index (χ1) is 19.1. The van der Waals surface area contributed by atoms with Gasteiger partial charge in [0.25, 0.3) is 5.91 Å². The molecule has 1 saturated heterocycles. The fourth-order valence-electron chi connectivity index (χ4n) is 5.00. The fraction of sp³-hybridized carbons (Fsp3) is 0.250. The summed E-state index contributed by atoms with van der Waals surface area (Å²) in [5.41, 5.74) is 3.55. The number of fused-ring (bicyclic) bond motifs is 1. The van der Waals surface area contributed by atoms with Crippen LogP contribution in [0.3, 0.4) is 0 Å². The van der Waals surface area contributed by atoms with Crippen molar-refractivity contribution in [1.29, 1.82) is 0 Å². The fourth-order valence-corrected chi connectivity index (χ4v) is 5.00. The average molecular weight is 524 g/mol. The van der Waals surface area contributed by atoms with Crippen LogP contribution in [-0.2, 0) is 11.3 Å². The van der Waals surface area contributed by atoms with Gasteiger partial charge in [-0.05, 0) is 53.6 Å². The summed E-state index contributed by atoms with van der Waals surface area (Å²) in [5, 5.41) is 5.00. The molecule has 1 aliphatic heterocycles. The van der Waals surface area contributed by atoms with Crippen LogP contribution in [-0.4, -0.2) is 56.7 Å². The van der Waals surface area contributed by atoms with Gasteiger partial charge in [0.2, 0.25) is 0 Å². The number of carbonyl (C=O) groups is 2. The van der Waals surface area contributed by atoms with E-state index < -0.39 is 5.97 Å². The molecule has 7 nitrogen and oxygen atoms in total. The number of methoxy groups -OCH3 is 1. The van der Waals surface area contributed by atoms with Gasteiger partial charge in [0.1, 0.15) is 5.75 Å². The second-order valence-electron chi connectivity index (χ2n) is 9.55. The first-order valence-electron chi connectivity index (χ1n) is 13.3. The minimum absolute atomic E-state index is 0.278. The van der Waals surface area contributed by atoms with E-state index in [-0.39, 0.29) is 12.5 Å². The molecule has 0 spiro atoms. The number of esters is 1. The highest BCUT2D eigenvalue weighted by Gasteiger charge is 2.23. The highest BCUT2D eigenvalue weighted by atomic mass is 16.5. The van der Waals surface area contributed by atoms with Crippen molar-refractivity contribution < 1.29 is 19.1 Å². The first kappa shape index (κ1) is 26.3. The van der Waals surface area contributed by atoms with Crippen molar-refractivity contribution in [3.63, 3.8) is 0 Å². The van der Waals surface area contributed by atoms with Crippen molar-refractivity contribution >= 4 is 34.0 Å². The van der Waals surface area contributed by atoms with Crippen LogP contribution >= 0.6 is 0 Å². The number of hydrogen-bond acceptors (Lipinski definition) is 6. The number of piperazine rings is 1. The molecular formula is C32H33N3O4. The van der Waals surface area contributed by atoms with Gasteiger partial charge < -0.3 is 19.7 Å². The van der Waals surface area contributed by atoms with Gasteiger partial charge >= 0.3 is 5.97 Å². The van der Waals surface area contributed by atoms with Gasteiger partial charge in [0, 0.05) is 32.7 Å². The van der Waals surface area contributed by atoms with Crippen molar-refractivity contribution in [2.24, 2.45) is 0 Å². The maximum Gasteiger partial charge on any atom is 0.338 e. The van der Waals surface area contributed by atoms with Crippen LogP contribution in [0.5, 0.6) is 5.75 Å². The molecule has 0 bridgehead atoms. The van der Waals surface area contributed by atoms with E-state index in [4.69, 9.17) is 9.47 Å². The minimum Gasteiger partial charge on any atom is -0.496 e. The van der Waals surface area contributed by atoms with Gasteiger partial charge in [0.05, 0.1) is 36.2 Å². The number of carbonyl (C=O) groups excluding carboxylic acids is 2. The number of ether oxygens (including phenoxy) is 2. The van der Waals surface area contributed by atoms with Gasteiger partial charge in [0.15, 0.2) is 0 Å². The normalized spacial score (nSPS) is 13.7. The summed E-state index contributed by atoms with van der Waals surface area (Å²) in [6.07, 6.45) is 0. The third kappa shape index (κ3) is 6.04. The quantitative estimate of drug-likeness (QED) is 0.303. The van der Waals surface area contributed by atoms with E-state index in [9.17, 15) is 9.59 Å². The van der Waals surface area contributed by atoms with E-state index >= 15 is 0 Å². The van der Waals surface area contributed by atoms with Crippen LogP contribution in [0.2, 0.25) is 0 Å². The highest BCUT2D eigenvalue weighted by molar-refractivity contribution is 6.10. The highest BCUT2D eigenvalue weighted by Crippen LogP contribution is 2.32. The van der Waals surface area contributed by atoms with Gasteiger partial charge in [-0.25, -0.2) is 4.79 Å². The molecule has 0 unspecified atom stereocenters. The Hall–Kier alpha value is -4.36. The molecule has 5 rings (SSSR count). The maximum atomic E-state index is 13.6. The van der Waals surface area contributed by atoms with E-state index in [2.05, 4.69) is 39.4 Å². The minimum atomic E-state index is -0.421. The molecule has 39 heavy (non-hydrogen) atoms. The molecule has 7 heteroatoms. The van der Waals surface area contributed by atoms with Crippen LogP contribution in [0.4, 0.5) is 11.4 Å². The Kier molecular flexibility index (Phi) is 8.08. The molecule has 1 heterocycles. The standard InChI is InChI=1S/C32H33N3O4/c1-3-39-32(37)26-13-14-29(35-17-15-34(16-18-35)22-23-9-5-4-6-10-23)28(20-26)33-31(36)27-19-24-11-7-8-12-25(24)21-30(27)38-2/h4-14,19-21H,3,15-18,22H2,1-2H3,(H,33,36). The zero-order chi connectivity index (χ0) is 27.2. The molecule has 1 N–H and O–H groups in total. The third-order valence-electron chi connectivity index (χ3n) is 7.03. The summed E-state index contributed by atoms with van der Waals surface area (Å²) < 4.78 is 10.8. The summed E-state index contributed by atoms with van der Waals surface area (Å²) in [6, 6.07) is 27.4. The molecule has 1 amide bonds. The number of amides is 1. The summed E-state index contributed by atoms with van der Waals surface area (Å²) in [5.74, 6) is -0.234. The molecule has 0 saturated carbocycles. The number of nitrogens with one attached hydrogen (secondary N) is 1.